The van der Waals surface area contributed by atoms with Crippen LogP contribution in [0.4, 0.5) is 4.79 Å². The highest BCUT2D eigenvalue weighted by atomic mass is 16.4. The van der Waals surface area contributed by atoms with Crippen molar-refractivity contribution in [1.29, 1.82) is 0 Å². The molecule has 0 aromatic heterocycles. The molecule has 0 aliphatic carbocycles. The number of urea groups is 1. The van der Waals surface area contributed by atoms with Crippen LogP contribution in [0.5, 0.6) is 0 Å². The smallest absolute Gasteiger partial charge is 0.323 e. The summed E-state index contributed by atoms with van der Waals surface area (Å²) in [6.45, 7) is 3.21. The average Bonchev–Trinajstić information content (AvgIpc) is 2.26. The van der Waals surface area contributed by atoms with Crippen LogP contribution in [-0.2, 0) is 9.59 Å². The van der Waals surface area contributed by atoms with Crippen LogP contribution in [0.2, 0.25) is 0 Å². The number of hydrogen-bond donors (Lipinski definition) is 3. The molecule has 3 amide bonds. The molecule has 0 rings (SSSR count). The second kappa shape index (κ2) is 8.80. The van der Waals surface area contributed by atoms with Crippen LogP contribution in [0.15, 0.2) is 0 Å². The molecule has 0 saturated heterocycles. The van der Waals surface area contributed by atoms with Gasteiger partial charge in [-0.2, -0.15) is 0 Å². The molecule has 19 heavy (non-hydrogen) atoms. The summed E-state index contributed by atoms with van der Waals surface area (Å²) < 4.78 is 0. The number of terminal acetylenes is 1. The molecule has 0 aliphatic rings. The fraction of sp³-hybridized carbons (Fsp3) is 0.583. The molecular weight excluding hydrogens is 250 g/mol. The van der Waals surface area contributed by atoms with E-state index in [1.165, 1.54) is 0 Å². The van der Waals surface area contributed by atoms with E-state index in [9.17, 15) is 14.4 Å². The van der Waals surface area contributed by atoms with Crippen molar-refractivity contribution in [1.82, 2.24) is 15.5 Å². The highest BCUT2D eigenvalue weighted by Crippen LogP contribution is 1.90. The summed E-state index contributed by atoms with van der Waals surface area (Å²) in [5, 5.41) is 13.7. The summed E-state index contributed by atoms with van der Waals surface area (Å²) in [6, 6.07) is -0.564. The topological polar surface area (TPSA) is 98.7 Å². The zero-order valence-electron chi connectivity index (χ0n) is 11.1. The molecule has 0 fully saturated rings. The van der Waals surface area contributed by atoms with Crippen LogP contribution in [0.3, 0.4) is 0 Å². The first kappa shape index (κ1) is 16.8. The first-order valence-corrected chi connectivity index (χ1v) is 5.84. The van der Waals surface area contributed by atoms with Gasteiger partial charge in [0.05, 0.1) is 6.54 Å². The molecule has 0 unspecified atom stereocenters. The molecule has 0 atom stereocenters. The lowest BCUT2D eigenvalue weighted by atomic mass is 10.3. The molecule has 7 nitrogen and oxygen atoms in total. The summed E-state index contributed by atoms with van der Waals surface area (Å²) in [5.41, 5.74) is 0. The van der Waals surface area contributed by atoms with Crippen molar-refractivity contribution in [2.75, 3.05) is 19.6 Å². The molecule has 0 aromatic carbocycles. The number of rotatable bonds is 7. The number of nitrogens with zero attached hydrogens (tertiary/aromatic N) is 1. The maximum atomic E-state index is 11.6. The lowest BCUT2D eigenvalue weighted by Gasteiger charge is -2.18. The number of carbonyl (C=O) groups is 3. The maximum Gasteiger partial charge on any atom is 0.323 e. The second-order valence-corrected chi connectivity index (χ2v) is 4.16. The molecule has 0 saturated carbocycles. The predicted octanol–water partition coefficient (Wildman–Crippen LogP) is -0.369. The predicted molar refractivity (Wildman–Crippen MR) is 69.3 cm³/mol. The van der Waals surface area contributed by atoms with Crippen molar-refractivity contribution >= 4 is 17.9 Å². The van der Waals surface area contributed by atoms with E-state index in [0.29, 0.717) is 0 Å². The molecular formula is C12H19N3O4. The van der Waals surface area contributed by atoms with Crippen LogP contribution < -0.4 is 10.6 Å². The van der Waals surface area contributed by atoms with Gasteiger partial charge in [-0.25, -0.2) is 4.79 Å². The van der Waals surface area contributed by atoms with Crippen LogP contribution >= 0.6 is 0 Å². The third-order valence-electron chi connectivity index (χ3n) is 1.97. The monoisotopic (exact) mass is 269 g/mol. The van der Waals surface area contributed by atoms with Crippen LogP contribution in [0.25, 0.3) is 0 Å². The normalized spacial score (nSPS) is 9.58. The SMILES string of the molecule is C#CCN(CC(=O)O)C(=O)NCCC(=O)NC(C)C. The Morgan fingerprint density at radius 3 is 2.47 bits per heavy atom. The van der Waals surface area contributed by atoms with Crippen molar-refractivity contribution in [3.05, 3.63) is 0 Å². The van der Waals surface area contributed by atoms with Gasteiger partial charge in [-0.15, -0.1) is 6.42 Å². The average molecular weight is 269 g/mol. The number of aliphatic carboxylic acids is 1. The van der Waals surface area contributed by atoms with Gasteiger partial charge in [0.25, 0.3) is 0 Å². The Hall–Kier alpha value is -2.23. The van der Waals surface area contributed by atoms with E-state index in [1.54, 1.807) is 0 Å². The lowest BCUT2D eigenvalue weighted by molar-refractivity contribution is -0.137. The number of amides is 3. The molecule has 0 bridgehead atoms. The Labute approximate surface area is 112 Å². The van der Waals surface area contributed by atoms with E-state index in [4.69, 9.17) is 11.5 Å². The van der Waals surface area contributed by atoms with Gasteiger partial charge in [0, 0.05) is 19.0 Å². The van der Waals surface area contributed by atoms with Gasteiger partial charge in [0.1, 0.15) is 6.54 Å². The van der Waals surface area contributed by atoms with Gasteiger partial charge in [-0.3, -0.25) is 9.59 Å². The first-order chi connectivity index (χ1) is 8.86. The van der Waals surface area contributed by atoms with E-state index < -0.39 is 18.5 Å². The van der Waals surface area contributed by atoms with Crippen molar-refractivity contribution < 1.29 is 19.5 Å². The van der Waals surface area contributed by atoms with Gasteiger partial charge in [-0.1, -0.05) is 5.92 Å². The van der Waals surface area contributed by atoms with Gasteiger partial charge < -0.3 is 20.6 Å². The molecule has 106 valence electrons. The van der Waals surface area contributed by atoms with E-state index >= 15 is 0 Å². The molecule has 0 spiro atoms. The zero-order valence-corrected chi connectivity index (χ0v) is 11.1. The Morgan fingerprint density at radius 1 is 1.37 bits per heavy atom. The number of carboxylic acids is 1. The van der Waals surface area contributed by atoms with Crippen molar-refractivity contribution in [2.45, 2.75) is 26.3 Å². The molecule has 7 heteroatoms. The number of hydrogen-bond acceptors (Lipinski definition) is 3. The Kier molecular flexibility index (Phi) is 7.77. The summed E-state index contributed by atoms with van der Waals surface area (Å²) in [6.07, 6.45) is 5.17. The number of carbonyl (C=O) groups excluding carboxylic acids is 2. The van der Waals surface area contributed by atoms with Crippen LogP contribution in [0, 0.1) is 12.3 Å². The highest BCUT2D eigenvalue weighted by molar-refractivity contribution is 5.81. The van der Waals surface area contributed by atoms with Gasteiger partial charge in [-0.05, 0) is 13.8 Å². The molecule has 0 radical (unpaired) electrons. The minimum Gasteiger partial charge on any atom is -0.480 e. The standard InChI is InChI=1S/C12H19N3O4/c1-4-7-15(8-11(17)18)12(19)13-6-5-10(16)14-9(2)3/h1,9H,5-8H2,2-3H3,(H,13,19)(H,14,16)(H,17,18). The number of nitrogens with one attached hydrogen (secondary N) is 2. The lowest BCUT2D eigenvalue weighted by Crippen LogP contribution is -2.44. The quantitative estimate of drug-likeness (QED) is 0.549. The second-order valence-electron chi connectivity index (χ2n) is 4.16. The van der Waals surface area contributed by atoms with Crippen LogP contribution in [-0.4, -0.2) is 53.6 Å². The van der Waals surface area contributed by atoms with E-state index in [1.807, 2.05) is 13.8 Å². The summed E-state index contributed by atoms with van der Waals surface area (Å²) in [4.78, 5) is 34.4. The largest absolute Gasteiger partial charge is 0.480 e. The molecule has 0 aromatic rings. The van der Waals surface area contributed by atoms with Crippen molar-refractivity contribution in [3.63, 3.8) is 0 Å². The molecule has 0 heterocycles. The van der Waals surface area contributed by atoms with Crippen molar-refractivity contribution in [3.8, 4) is 12.3 Å². The third kappa shape index (κ3) is 8.49. The summed E-state index contributed by atoms with van der Waals surface area (Å²) in [5.74, 6) is 0.868. The highest BCUT2D eigenvalue weighted by Gasteiger charge is 2.15. The maximum absolute atomic E-state index is 11.6. The van der Waals surface area contributed by atoms with Gasteiger partial charge in [0.2, 0.25) is 5.91 Å². The molecule has 3 N–H and O–H groups in total. The number of carboxylic acid groups (broad SMARTS) is 1. The van der Waals surface area contributed by atoms with E-state index in [-0.39, 0.29) is 31.5 Å². The Morgan fingerprint density at radius 2 is 2.00 bits per heavy atom. The minimum absolute atomic E-state index is 0.0353. The summed E-state index contributed by atoms with van der Waals surface area (Å²) >= 11 is 0. The molecule has 0 aliphatic heterocycles. The van der Waals surface area contributed by atoms with Gasteiger partial charge in [0.15, 0.2) is 0 Å². The third-order valence-corrected chi connectivity index (χ3v) is 1.97. The van der Waals surface area contributed by atoms with Gasteiger partial charge >= 0.3 is 12.0 Å². The Balaban J connectivity index is 4.09. The zero-order chi connectivity index (χ0) is 14.8. The fourth-order valence-electron chi connectivity index (χ4n) is 1.26. The van der Waals surface area contributed by atoms with E-state index in [2.05, 4.69) is 16.6 Å². The van der Waals surface area contributed by atoms with Crippen LogP contribution in [0.1, 0.15) is 20.3 Å². The first-order valence-electron chi connectivity index (χ1n) is 5.84. The van der Waals surface area contributed by atoms with Crippen molar-refractivity contribution in [2.24, 2.45) is 0 Å². The Bertz CT molecular complexity index is 374. The fourth-order valence-corrected chi connectivity index (χ4v) is 1.26. The minimum atomic E-state index is -1.15. The van der Waals surface area contributed by atoms with E-state index in [0.717, 1.165) is 4.90 Å². The summed E-state index contributed by atoms with van der Waals surface area (Å²) in [7, 11) is 0.